The fourth-order valence-electron chi connectivity index (χ4n) is 3.26. The van der Waals surface area contributed by atoms with Crippen molar-refractivity contribution in [2.24, 2.45) is 17.8 Å². The van der Waals surface area contributed by atoms with Crippen LogP contribution < -0.4 is 0 Å². The Morgan fingerprint density at radius 3 is 2.26 bits per heavy atom. The van der Waals surface area contributed by atoms with Crippen LogP contribution in [0, 0.1) is 17.8 Å². The lowest BCUT2D eigenvalue weighted by molar-refractivity contribution is -0.155. The molecule has 0 spiro atoms. The maximum Gasteiger partial charge on any atom is 0.309 e. The highest BCUT2D eigenvalue weighted by atomic mass is 32.1. The van der Waals surface area contributed by atoms with Crippen LogP contribution in [0.5, 0.6) is 0 Å². The highest BCUT2D eigenvalue weighted by Gasteiger charge is 2.25. The van der Waals surface area contributed by atoms with E-state index in [4.69, 9.17) is 9.47 Å². The molecule has 1 aliphatic carbocycles. The van der Waals surface area contributed by atoms with Crippen LogP contribution in [0.3, 0.4) is 0 Å². The van der Waals surface area contributed by atoms with Crippen LogP contribution in [0.2, 0.25) is 0 Å². The first-order valence-corrected chi connectivity index (χ1v) is 9.60. The molecule has 23 heavy (non-hydrogen) atoms. The van der Waals surface area contributed by atoms with Crippen molar-refractivity contribution in [1.29, 1.82) is 0 Å². The van der Waals surface area contributed by atoms with E-state index in [2.05, 4.69) is 12.6 Å². The van der Waals surface area contributed by atoms with Crippen LogP contribution in [0.25, 0.3) is 0 Å². The average molecular weight is 345 g/mol. The Kier molecular flexibility index (Phi) is 9.68. The van der Waals surface area contributed by atoms with Gasteiger partial charge in [-0.05, 0) is 70.0 Å². The third-order valence-corrected chi connectivity index (χ3v) is 5.26. The highest BCUT2D eigenvalue weighted by Crippen LogP contribution is 2.31. The molecule has 1 saturated carbocycles. The van der Waals surface area contributed by atoms with Gasteiger partial charge >= 0.3 is 11.9 Å². The maximum atomic E-state index is 12.1. The Bertz CT molecular complexity index is 364. The summed E-state index contributed by atoms with van der Waals surface area (Å²) in [5.74, 6) is 1.58. The summed E-state index contributed by atoms with van der Waals surface area (Å²) < 4.78 is 10.6. The number of esters is 2. The summed E-state index contributed by atoms with van der Waals surface area (Å²) in [5, 5.41) is 0. The molecule has 0 radical (unpaired) electrons. The summed E-state index contributed by atoms with van der Waals surface area (Å²) in [4.78, 5) is 23.9. The van der Waals surface area contributed by atoms with Gasteiger partial charge in [0.15, 0.2) is 0 Å². The third kappa shape index (κ3) is 7.60. The molecular weight excluding hydrogens is 312 g/mol. The Balaban J connectivity index is 2.31. The topological polar surface area (TPSA) is 52.6 Å². The van der Waals surface area contributed by atoms with Crippen molar-refractivity contribution < 1.29 is 19.1 Å². The summed E-state index contributed by atoms with van der Waals surface area (Å²) in [6.07, 6.45) is 6.01. The first kappa shape index (κ1) is 20.3. The zero-order chi connectivity index (χ0) is 17.2. The van der Waals surface area contributed by atoms with E-state index in [0.717, 1.165) is 31.4 Å². The summed E-state index contributed by atoms with van der Waals surface area (Å²) in [5.41, 5.74) is 0. The minimum absolute atomic E-state index is 0.134. The van der Waals surface area contributed by atoms with Crippen LogP contribution in [0.1, 0.15) is 65.7 Å². The highest BCUT2D eigenvalue weighted by molar-refractivity contribution is 7.80. The Hall–Kier alpha value is -0.710. The zero-order valence-electron chi connectivity index (χ0n) is 14.8. The van der Waals surface area contributed by atoms with E-state index < -0.39 is 0 Å². The molecule has 0 heterocycles. The van der Waals surface area contributed by atoms with E-state index >= 15 is 0 Å². The molecule has 0 aromatic carbocycles. The first-order chi connectivity index (χ1) is 11.0. The van der Waals surface area contributed by atoms with Gasteiger partial charge < -0.3 is 9.47 Å². The molecule has 0 saturated heterocycles. The predicted molar refractivity (Wildman–Crippen MR) is 94.5 cm³/mol. The molecule has 0 bridgehead atoms. The van der Waals surface area contributed by atoms with E-state index in [9.17, 15) is 9.59 Å². The molecule has 4 nitrogen and oxygen atoms in total. The molecule has 2 atom stereocenters. The second-order valence-electron chi connectivity index (χ2n) is 6.67. The minimum Gasteiger partial charge on any atom is -0.466 e. The Morgan fingerprint density at radius 2 is 1.74 bits per heavy atom. The van der Waals surface area contributed by atoms with E-state index in [0.29, 0.717) is 37.7 Å². The predicted octanol–water partition coefficient (Wildman–Crippen LogP) is 4.02. The number of hydrogen-bond donors (Lipinski definition) is 1. The largest absolute Gasteiger partial charge is 0.466 e. The summed E-state index contributed by atoms with van der Waals surface area (Å²) in [6, 6.07) is 0. The minimum atomic E-state index is -0.245. The van der Waals surface area contributed by atoms with Gasteiger partial charge in [-0.25, -0.2) is 0 Å². The van der Waals surface area contributed by atoms with Gasteiger partial charge in [0.2, 0.25) is 0 Å². The van der Waals surface area contributed by atoms with Crippen molar-refractivity contribution in [3.05, 3.63) is 0 Å². The first-order valence-electron chi connectivity index (χ1n) is 8.97. The van der Waals surface area contributed by atoms with Crippen LogP contribution in [0.15, 0.2) is 0 Å². The second kappa shape index (κ2) is 11.0. The van der Waals surface area contributed by atoms with E-state index in [-0.39, 0.29) is 24.0 Å². The number of thiol groups is 1. The molecule has 0 aliphatic heterocycles. The molecule has 134 valence electrons. The molecular formula is C18H32O4S. The van der Waals surface area contributed by atoms with Gasteiger partial charge in [0, 0.05) is 6.42 Å². The molecule has 0 N–H and O–H groups in total. The van der Waals surface area contributed by atoms with Gasteiger partial charge in [-0.2, -0.15) is 12.6 Å². The van der Waals surface area contributed by atoms with Crippen molar-refractivity contribution in [3.8, 4) is 0 Å². The lowest BCUT2D eigenvalue weighted by Gasteiger charge is -2.27. The molecule has 0 amide bonds. The average Bonchev–Trinajstić information content (AvgIpc) is 2.53. The lowest BCUT2D eigenvalue weighted by atomic mass is 9.81. The van der Waals surface area contributed by atoms with Crippen LogP contribution >= 0.6 is 12.6 Å². The summed E-state index contributed by atoms with van der Waals surface area (Å²) in [7, 11) is 0. The van der Waals surface area contributed by atoms with Gasteiger partial charge in [-0.15, -0.1) is 0 Å². The van der Waals surface area contributed by atoms with Gasteiger partial charge in [-0.1, -0.05) is 6.92 Å². The number of carbonyl (C=O) groups excluding carboxylic acids is 2. The third-order valence-electron chi connectivity index (χ3n) is 4.74. The number of hydrogen-bond acceptors (Lipinski definition) is 5. The monoisotopic (exact) mass is 344 g/mol. The van der Waals surface area contributed by atoms with Crippen LogP contribution in [0.4, 0.5) is 0 Å². The lowest BCUT2D eigenvalue weighted by Crippen LogP contribution is -2.26. The van der Waals surface area contributed by atoms with Crippen LogP contribution in [-0.4, -0.2) is 30.4 Å². The molecule has 0 aromatic rings. The van der Waals surface area contributed by atoms with Gasteiger partial charge in [0.1, 0.15) is 0 Å². The fourth-order valence-corrected chi connectivity index (χ4v) is 3.63. The normalized spacial score (nSPS) is 23.8. The zero-order valence-corrected chi connectivity index (χ0v) is 15.6. The maximum absolute atomic E-state index is 12.1. The van der Waals surface area contributed by atoms with E-state index in [1.807, 2.05) is 13.8 Å². The molecule has 1 fully saturated rings. The quantitative estimate of drug-likeness (QED) is 0.507. The molecule has 1 rings (SSSR count). The second-order valence-corrected chi connectivity index (χ2v) is 7.03. The fraction of sp³-hybridized carbons (Fsp3) is 0.889. The molecule has 1 aliphatic rings. The summed E-state index contributed by atoms with van der Waals surface area (Å²) in [6.45, 7) is 6.00. The molecule has 5 heteroatoms. The van der Waals surface area contributed by atoms with E-state index in [1.54, 1.807) is 6.92 Å². The van der Waals surface area contributed by atoms with Crippen molar-refractivity contribution in [3.63, 3.8) is 0 Å². The van der Waals surface area contributed by atoms with Crippen molar-refractivity contribution in [2.45, 2.75) is 71.8 Å². The standard InChI is InChI=1S/C18H32O4S/c1-4-16(18(20)21-5-2)10-13(3)22-17(19)11-14-6-8-15(12-23)9-7-14/h13-16,23H,4-12H2,1-3H3. The Morgan fingerprint density at radius 1 is 1.13 bits per heavy atom. The van der Waals surface area contributed by atoms with Crippen molar-refractivity contribution >= 4 is 24.6 Å². The van der Waals surface area contributed by atoms with E-state index in [1.165, 1.54) is 0 Å². The Labute approximate surface area is 146 Å². The molecule has 0 aromatic heterocycles. The van der Waals surface area contributed by atoms with Gasteiger partial charge in [-0.3, -0.25) is 9.59 Å². The number of ether oxygens (including phenoxy) is 2. The SMILES string of the molecule is CCOC(=O)C(CC)CC(C)OC(=O)CC1CCC(CS)CC1. The van der Waals surface area contributed by atoms with Crippen LogP contribution in [-0.2, 0) is 19.1 Å². The summed E-state index contributed by atoms with van der Waals surface area (Å²) >= 11 is 4.35. The number of carbonyl (C=O) groups is 2. The van der Waals surface area contributed by atoms with Gasteiger partial charge in [0.25, 0.3) is 0 Å². The van der Waals surface area contributed by atoms with Crippen molar-refractivity contribution in [2.75, 3.05) is 12.4 Å². The van der Waals surface area contributed by atoms with Gasteiger partial charge in [0.05, 0.1) is 18.6 Å². The number of rotatable bonds is 9. The smallest absolute Gasteiger partial charge is 0.309 e. The molecule has 2 unspecified atom stereocenters. The van der Waals surface area contributed by atoms with Crippen molar-refractivity contribution in [1.82, 2.24) is 0 Å².